The molecule has 5 heteroatoms. The van der Waals surface area contributed by atoms with Crippen LogP contribution in [0.3, 0.4) is 0 Å². The Kier molecular flexibility index (Phi) is 3.20. The molecule has 100 valence electrons. The van der Waals surface area contributed by atoms with Crippen molar-refractivity contribution in [2.75, 3.05) is 7.11 Å². The highest BCUT2D eigenvalue weighted by atomic mass is 32.1. The highest BCUT2D eigenvalue weighted by molar-refractivity contribution is 7.21. The molecule has 0 radical (unpaired) electrons. The summed E-state index contributed by atoms with van der Waals surface area (Å²) >= 11 is 1.35. The topological polar surface area (TPSA) is 39.2 Å². The molecular formula is C15H10FNO2S. The average Bonchev–Trinajstić information content (AvgIpc) is 2.89. The van der Waals surface area contributed by atoms with Crippen LogP contribution >= 0.6 is 11.3 Å². The van der Waals surface area contributed by atoms with Crippen molar-refractivity contribution >= 4 is 27.5 Å². The average molecular weight is 287 g/mol. The molecule has 20 heavy (non-hydrogen) atoms. The molecule has 2 aromatic carbocycles. The predicted octanol–water partition coefficient (Wildman–Crippen LogP) is 3.89. The van der Waals surface area contributed by atoms with Gasteiger partial charge in [0.2, 0.25) is 0 Å². The molecule has 0 N–H and O–H groups in total. The minimum Gasteiger partial charge on any atom is -0.465 e. The number of thiazole rings is 1. The van der Waals surface area contributed by atoms with Crippen LogP contribution in [-0.4, -0.2) is 18.1 Å². The van der Waals surface area contributed by atoms with E-state index < -0.39 is 5.97 Å². The van der Waals surface area contributed by atoms with Gasteiger partial charge in [-0.05, 0) is 24.3 Å². The first-order valence-electron chi connectivity index (χ1n) is 5.93. The number of halogens is 1. The van der Waals surface area contributed by atoms with Crippen molar-refractivity contribution < 1.29 is 13.9 Å². The van der Waals surface area contributed by atoms with E-state index in [9.17, 15) is 9.18 Å². The van der Waals surface area contributed by atoms with Crippen LogP contribution in [0.15, 0.2) is 42.5 Å². The van der Waals surface area contributed by atoms with Gasteiger partial charge in [-0.25, -0.2) is 14.2 Å². The van der Waals surface area contributed by atoms with Crippen LogP contribution in [0.5, 0.6) is 0 Å². The summed E-state index contributed by atoms with van der Waals surface area (Å²) in [5.41, 5.74) is 1.86. The molecule has 0 saturated carbocycles. The van der Waals surface area contributed by atoms with Crippen LogP contribution in [0.25, 0.3) is 20.8 Å². The van der Waals surface area contributed by atoms with Crippen LogP contribution in [0, 0.1) is 5.82 Å². The Balaban J connectivity index is 2.18. The molecule has 0 atom stereocenters. The molecular weight excluding hydrogens is 277 g/mol. The second-order valence-electron chi connectivity index (χ2n) is 4.17. The second-order valence-corrected chi connectivity index (χ2v) is 5.20. The summed E-state index contributed by atoms with van der Waals surface area (Å²) in [6.45, 7) is 0. The lowest BCUT2D eigenvalue weighted by atomic mass is 10.1. The number of fused-ring (bicyclic) bond motifs is 1. The first kappa shape index (κ1) is 12.7. The Morgan fingerprint density at radius 2 is 2.05 bits per heavy atom. The zero-order valence-electron chi connectivity index (χ0n) is 10.6. The van der Waals surface area contributed by atoms with Gasteiger partial charge in [-0.15, -0.1) is 11.3 Å². The Bertz CT molecular complexity index is 797. The van der Waals surface area contributed by atoms with Gasteiger partial charge in [0.25, 0.3) is 0 Å². The Labute approximate surface area is 118 Å². The maximum Gasteiger partial charge on any atom is 0.338 e. The van der Waals surface area contributed by atoms with Gasteiger partial charge in [-0.1, -0.05) is 18.2 Å². The number of ether oxygens (including phenoxy) is 1. The molecule has 0 aliphatic carbocycles. The Morgan fingerprint density at radius 3 is 2.85 bits per heavy atom. The van der Waals surface area contributed by atoms with Crippen LogP contribution in [0.1, 0.15) is 10.4 Å². The number of carbonyl (C=O) groups excluding carboxylic acids is 1. The standard InChI is InChI=1S/C15H10FNO2S/c1-19-15(18)11-5-3-2-4-10(11)14-17-12-7-6-9(16)8-13(12)20-14/h2-8H,1H3. The maximum atomic E-state index is 13.2. The minimum atomic E-state index is -0.411. The Morgan fingerprint density at radius 1 is 1.25 bits per heavy atom. The number of nitrogens with zero attached hydrogens (tertiary/aromatic N) is 1. The lowest BCUT2D eigenvalue weighted by Crippen LogP contribution is -2.02. The number of aromatic nitrogens is 1. The molecule has 0 saturated heterocycles. The number of carbonyl (C=O) groups is 1. The van der Waals surface area contributed by atoms with Gasteiger partial charge in [0.05, 0.1) is 22.9 Å². The quantitative estimate of drug-likeness (QED) is 0.671. The number of hydrogen-bond donors (Lipinski definition) is 0. The first-order valence-corrected chi connectivity index (χ1v) is 6.74. The highest BCUT2D eigenvalue weighted by Gasteiger charge is 2.15. The van der Waals surface area contributed by atoms with Gasteiger partial charge in [0.1, 0.15) is 10.8 Å². The third-order valence-corrected chi connectivity index (χ3v) is 3.96. The van der Waals surface area contributed by atoms with E-state index in [1.165, 1.54) is 30.6 Å². The van der Waals surface area contributed by atoms with Crippen molar-refractivity contribution in [2.24, 2.45) is 0 Å². The third kappa shape index (κ3) is 2.16. The van der Waals surface area contributed by atoms with Crippen LogP contribution in [0.4, 0.5) is 4.39 Å². The third-order valence-electron chi connectivity index (χ3n) is 2.91. The lowest BCUT2D eigenvalue weighted by Gasteiger charge is -2.04. The molecule has 0 aliphatic rings. The van der Waals surface area contributed by atoms with Crippen molar-refractivity contribution in [1.82, 2.24) is 4.98 Å². The molecule has 0 amide bonds. The summed E-state index contributed by atoms with van der Waals surface area (Å²) in [5.74, 6) is -0.708. The van der Waals surface area contributed by atoms with Crippen LogP contribution in [0.2, 0.25) is 0 Å². The summed E-state index contributed by atoms with van der Waals surface area (Å²) in [6.07, 6.45) is 0. The molecule has 0 unspecified atom stereocenters. The molecule has 0 aliphatic heterocycles. The van der Waals surface area contributed by atoms with Crippen molar-refractivity contribution in [1.29, 1.82) is 0 Å². The second kappa shape index (κ2) is 5.02. The van der Waals surface area contributed by atoms with Crippen LogP contribution < -0.4 is 0 Å². The highest BCUT2D eigenvalue weighted by Crippen LogP contribution is 2.32. The molecule has 0 spiro atoms. The number of hydrogen-bond acceptors (Lipinski definition) is 4. The van der Waals surface area contributed by atoms with Crippen molar-refractivity contribution in [3.05, 3.63) is 53.8 Å². The van der Waals surface area contributed by atoms with Crippen molar-refractivity contribution in [3.63, 3.8) is 0 Å². The van der Waals surface area contributed by atoms with Gasteiger partial charge in [-0.3, -0.25) is 0 Å². The SMILES string of the molecule is COC(=O)c1ccccc1-c1nc2ccc(F)cc2s1. The van der Waals surface area contributed by atoms with Gasteiger partial charge in [-0.2, -0.15) is 0 Å². The monoisotopic (exact) mass is 287 g/mol. The van der Waals surface area contributed by atoms with E-state index in [1.54, 1.807) is 24.3 Å². The summed E-state index contributed by atoms with van der Waals surface area (Å²) in [7, 11) is 1.34. The zero-order chi connectivity index (χ0) is 14.1. The summed E-state index contributed by atoms with van der Waals surface area (Å²) in [4.78, 5) is 16.2. The van der Waals surface area contributed by atoms with Crippen LogP contribution in [-0.2, 0) is 4.74 Å². The van der Waals surface area contributed by atoms with E-state index >= 15 is 0 Å². The lowest BCUT2D eigenvalue weighted by molar-refractivity contribution is 0.0601. The normalized spacial score (nSPS) is 10.7. The number of methoxy groups -OCH3 is 1. The fourth-order valence-electron chi connectivity index (χ4n) is 1.97. The molecule has 0 fully saturated rings. The van der Waals surface area contributed by atoms with E-state index in [2.05, 4.69) is 4.98 Å². The smallest absolute Gasteiger partial charge is 0.338 e. The Hall–Kier alpha value is -2.27. The molecule has 3 nitrogen and oxygen atoms in total. The fraction of sp³-hybridized carbons (Fsp3) is 0.0667. The largest absolute Gasteiger partial charge is 0.465 e. The summed E-state index contributed by atoms with van der Waals surface area (Å²) in [5, 5.41) is 0.673. The first-order chi connectivity index (χ1) is 9.69. The van der Waals surface area contributed by atoms with Gasteiger partial charge >= 0.3 is 5.97 Å². The van der Waals surface area contributed by atoms with Gasteiger partial charge < -0.3 is 4.74 Å². The predicted molar refractivity (Wildman–Crippen MR) is 76.4 cm³/mol. The number of benzene rings is 2. The van der Waals surface area contributed by atoms with Gasteiger partial charge in [0.15, 0.2) is 0 Å². The maximum absolute atomic E-state index is 13.2. The van der Waals surface area contributed by atoms with E-state index in [-0.39, 0.29) is 5.82 Å². The number of rotatable bonds is 2. The van der Waals surface area contributed by atoms with E-state index in [1.807, 2.05) is 6.07 Å². The van der Waals surface area contributed by atoms with Crippen molar-refractivity contribution in [3.8, 4) is 10.6 Å². The number of esters is 1. The van der Waals surface area contributed by atoms with E-state index in [4.69, 9.17) is 4.74 Å². The molecule has 3 aromatic rings. The minimum absolute atomic E-state index is 0.297. The summed E-state index contributed by atoms with van der Waals surface area (Å²) < 4.78 is 18.7. The van der Waals surface area contributed by atoms with E-state index in [0.717, 1.165) is 4.70 Å². The van der Waals surface area contributed by atoms with Gasteiger partial charge in [0, 0.05) is 5.56 Å². The molecule has 3 rings (SSSR count). The summed E-state index contributed by atoms with van der Waals surface area (Å²) in [6, 6.07) is 11.5. The van der Waals surface area contributed by atoms with E-state index in [0.29, 0.717) is 21.7 Å². The van der Waals surface area contributed by atoms with Crippen molar-refractivity contribution in [2.45, 2.75) is 0 Å². The fourth-order valence-corrected chi connectivity index (χ4v) is 3.00. The zero-order valence-corrected chi connectivity index (χ0v) is 11.4. The molecule has 1 aromatic heterocycles. The molecule has 1 heterocycles. The molecule has 0 bridgehead atoms.